The Hall–Kier alpha value is -0.890. The van der Waals surface area contributed by atoms with Gasteiger partial charge < -0.3 is 15.4 Å². The SMILES string of the molecule is CN=C(NCC1CCCO1)NC1CC1c1ccccc1F.I. The number of hydrogen-bond acceptors (Lipinski definition) is 2. The van der Waals surface area contributed by atoms with Gasteiger partial charge in [0.1, 0.15) is 5.82 Å². The Kier molecular flexibility index (Phi) is 6.43. The highest BCUT2D eigenvalue weighted by Crippen LogP contribution is 2.41. The van der Waals surface area contributed by atoms with Crippen LogP contribution < -0.4 is 10.6 Å². The van der Waals surface area contributed by atoms with E-state index >= 15 is 0 Å². The fraction of sp³-hybridized carbons (Fsp3) is 0.562. The molecular weight excluding hydrogens is 396 g/mol. The van der Waals surface area contributed by atoms with Crippen LogP contribution in [0, 0.1) is 5.82 Å². The molecule has 1 aromatic carbocycles. The lowest BCUT2D eigenvalue weighted by Crippen LogP contribution is -2.42. The Bertz CT molecular complexity index is 520. The number of hydrogen-bond donors (Lipinski definition) is 2. The first kappa shape index (κ1) is 17.5. The van der Waals surface area contributed by atoms with Gasteiger partial charge in [-0.25, -0.2) is 4.39 Å². The van der Waals surface area contributed by atoms with Gasteiger partial charge in [-0.2, -0.15) is 0 Å². The minimum Gasteiger partial charge on any atom is -0.376 e. The molecule has 6 heteroatoms. The molecule has 1 aliphatic carbocycles. The first-order valence-electron chi connectivity index (χ1n) is 7.61. The fourth-order valence-corrected chi connectivity index (χ4v) is 2.86. The molecule has 2 N–H and O–H groups in total. The molecular formula is C16H23FIN3O. The van der Waals surface area contributed by atoms with E-state index in [9.17, 15) is 4.39 Å². The molecule has 122 valence electrons. The highest BCUT2D eigenvalue weighted by molar-refractivity contribution is 14.0. The van der Waals surface area contributed by atoms with Gasteiger partial charge in [0.25, 0.3) is 0 Å². The second-order valence-electron chi connectivity index (χ2n) is 5.70. The molecule has 0 amide bonds. The van der Waals surface area contributed by atoms with Gasteiger partial charge in [-0.15, -0.1) is 24.0 Å². The molecule has 0 radical (unpaired) electrons. The fourth-order valence-electron chi connectivity index (χ4n) is 2.86. The molecule has 1 aliphatic heterocycles. The molecule has 0 spiro atoms. The monoisotopic (exact) mass is 419 g/mol. The van der Waals surface area contributed by atoms with Crippen molar-refractivity contribution in [3.8, 4) is 0 Å². The molecule has 2 aliphatic rings. The van der Waals surface area contributed by atoms with E-state index in [2.05, 4.69) is 15.6 Å². The second-order valence-corrected chi connectivity index (χ2v) is 5.70. The zero-order valence-corrected chi connectivity index (χ0v) is 15.0. The normalized spacial score (nSPS) is 27.2. The Labute approximate surface area is 147 Å². The van der Waals surface area contributed by atoms with Crippen LogP contribution >= 0.6 is 24.0 Å². The third-order valence-electron chi connectivity index (χ3n) is 4.16. The van der Waals surface area contributed by atoms with Crippen molar-refractivity contribution in [1.29, 1.82) is 0 Å². The van der Waals surface area contributed by atoms with Crippen molar-refractivity contribution in [2.45, 2.75) is 37.3 Å². The first-order chi connectivity index (χ1) is 10.3. The average molecular weight is 419 g/mol. The van der Waals surface area contributed by atoms with E-state index in [0.29, 0.717) is 0 Å². The predicted molar refractivity (Wildman–Crippen MR) is 96.4 cm³/mol. The molecule has 2 fully saturated rings. The number of aliphatic imine (C=N–C) groups is 1. The van der Waals surface area contributed by atoms with Crippen molar-refractivity contribution in [2.24, 2.45) is 4.99 Å². The number of nitrogens with zero attached hydrogens (tertiary/aromatic N) is 1. The Morgan fingerprint density at radius 1 is 1.41 bits per heavy atom. The summed E-state index contributed by atoms with van der Waals surface area (Å²) in [5.41, 5.74) is 0.796. The first-order valence-corrected chi connectivity index (χ1v) is 7.61. The highest BCUT2D eigenvalue weighted by Gasteiger charge is 2.40. The van der Waals surface area contributed by atoms with Crippen LogP contribution in [0.2, 0.25) is 0 Å². The number of rotatable bonds is 4. The Balaban J connectivity index is 0.00000176. The molecule has 3 rings (SSSR count). The van der Waals surface area contributed by atoms with E-state index in [1.165, 1.54) is 6.07 Å². The molecule has 1 saturated heterocycles. The maximum atomic E-state index is 13.7. The zero-order valence-electron chi connectivity index (χ0n) is 12.7. The molecule has 1 saturated carbocycles. The predicted octanol–water partition coefficient (Wildman–Crippen LogP) is 2.64. The lowest BCUT2D eigenvalue weighted by molar-refractivity contribution is 0.114. The van der Waals surface area contributed by atoms with Gasteiger partial charge in [-0.05, 0) is 30.9 Å². The summed E-state index contributed by atoms with van der Waals surface area (Å²) < 4.78 is 19.3. The van der Waals surface area contributed by atoms with Gasteiger partial charge in [0.05, 0.1) is 6.10 Å². The van der Waals surface area contributed by atoms with Gasteiger partial charge in [0.2, 0.25) is 0 Å². The van der Waals surface area contributed by atoms with Crippen molar-refractivity contribution in [1.82, 2.24) is 10.6 Å². The summed E-state index contributed by atoms with van der Waals surface area (Å²) in [6.45, 7) is 1.63. The molecule has 4 nitrogen and oxygen atoms in total. The standard InChI is InChI=1S/C16H22FN3O.HI/c1-18-16(19-10-11-5-4-8-21-11)20-15-9-13(15)12-6-2-3-7-14(12)17;/h2-3,6-7,11,13,15H,4-5,8-10H2,1H3,(H2,18,19,20);1H. The van der Waals surface area contributed by atoms with Gasteiger partial charge in [-0.1, -0.05) is 18.2 Å². The van der Waals surface area contributed by atoms with Crippen LogP contribution in [-0.2, 0) is 4.74 Å². The molecule has 0 aromatic heterocycles. The van der Waals surface area contributed by atoms with Crippen molar-refractivity contribution in [3.05, 3.63) is 35.6 Å². The summed E-state index contributed by atoms with van der Waals surface area (Å²) in [6, 6.07) is 7.27. The van der Waals surface area contributed by atoms with Crippen LogP contribution in [0.1, 0.15) is 30.7 Å². The smallest absolute Gasteiger partial charge is 0.191 e. The van der Waals surface area contributed by atoms with Crippen molar-refractivity contribution >= 4 is 29.9 Å². The lowest BCUT2D eigenvalue weighted by Gasteiger charge is -2.15. The molecule has 1 heterocycles. The second kappa shape index (κ2) is 8.10. The number of nitrogens with one attached hydrogen (secondary N) is 2. The van der Waals surface area contributed by atoms with E-state index in [4.69, 9.17) is 4.74 Å². The van der Waals surface area contributed by atoms with Gasteiger partial charge in [0.15, 0.2) is 5.96 Å². The van der Waals surface area contributed by atoms with Crippen LogP contribution in [-0.4, -0.2) is 38.3 Å². The van der Waals surface area contributed by atoms with Crippen molar-refractivity contribution in [3.63, 3.8) is 0 Å². The van der Waals surface area contributed by atoms with E-state index < -0.39 is 0 Å². The molecule has 0 bridgehead atoms. The molecule has 22 heavy (non-hydrogen) atoms. The summed E-state index contributed by atoms with van der Waals surface area (Å²) in [4.78, 5) is 4.22. The van der Waals surface area contributed by atoms with Crippen molar-refractivity contribution in [2.75, 3.05) is 20.2 Å². The topological polar surface area (TPSA) is 45.7 Å². The summed E-state index contributed by atoms with van der Waals surface area (Å²) in [7, 11) is 1.76. The van der Waals surface area contributed by atoms with Crippen molar-refractivity contribution < 1.29 is 9.13 Å². The quantitative estimate of drug-likeness (QED) is 0.448. The third-order valence-corrected chi connectivity index (χ3v) is 4.16. The van der Waals surface area contributed by atoms with Gasteiger partial charge in [0, 0.05) is 32.2 Å². The number of guanidine groups is 1. The summed E-state index contributed by atoms with van der Waals surface area (Å²) >= 11 is 0. The zero-order chi connectivity index (χ0) is 14.7. The van der Waals surface area contributed by atoms with E-state index in [1.54, 1.807) is 13.1 Å². The highest BCUT2D eigenvalue weighted by atomic mass is 127. The van der Waals surface area contributed by atoms with Crippen LogP contribution in [0.15, 0.2) is 29.3 Å². The van der Waals surface area contributed by atoms with E-state index in [-0.39, 0.29) is 47.9 Å². The average Bonchev–Trinajstić information content (AvgIpc) is 3.05. The maximum Gasteiger partial charge on any atom is 0.191 e. The lowest BCUT2D eigenvalue weighted by atomic mass is 10.1. The summed E-state index contributed by atoms with van der Waals surface area (Å²) in [5.74, 6) is 0.899. The van der Waals surface area contributed by atoms with Crippen LogP contribution in [0.25, 0.3) is 0 Å². The number of benzene rings is 1. The van der Waals surface area contributed by atoms with E-state index in [0.717, 1.165) is 43.9 Å². The number of ether oxygens (including phenoxy) is 1. The van der Waals surface area contributed by atoms with Crippen LogP contribution in [0.3, 0.4) is 0 Å². The largest absolute Gasteiger partial charge is 0.376 e. The van der Waals surface area contributed by atoms with Gasteiger partial charge >= 0.3 is 0 Å². The summed E-state index contributed by atoms with van der Waals surface area (Å²) in [6.07, 6.45) is 3.47. The summed E-state index contributed by atoms with van der Waals surface area (Å²) in [5, 5.41) is 6.65. The third kappa shape index (κ3) is 4.32. The van der Waals surface area contributed by atoms with E-state index in [1.807, 2.05) is 12.1 Å². The molecule has 3 unspecified atom stereocenters. The maximum absolute atomic E-state index is 13.7. The molecule has 1 aromatic rings. The number of halogens is 2. The van der Waals surface area contributed by atoms with Crippen LogP contribution in [0.5, 0.6) is 0 Å². The Morgan fingerprint density at radius 2 is 2.23 bits per heavy atom. The minimum absolute atomic E-state index is 0. The minimum atomic E-state index is -0.117. The van der Waals surface area contributed by atoms with Crippen LogP contribution in [0.4, 0.5) is 4.39 Å². The molecule has 3 atom stereocenters. The Morgan fingerprint density at radius 3 is 2.91 bits per heavy atom. The van der Waals surface area contributed by atoms with Gasteiger partial charge in [-0.3, -0.25) is 4.99 Å².